The van der Waals surface area contributed by atoms with E-state index in [0.29, 0.717) is 5.82 Å². The van der Waals surface area contributed by atoms with Crippen LogP contribution >= 0.6 is 0 Å². The average molecular weight is 263 g/mol. The lowest BCUT2D eigenvalue weighted by Crippen LogP contribution is -2.28. The monoisotopic (exact) mass is 263 g/mol. The molecule has 100 valence electrons. The van der Waals surface area contributed by atoms with Crippen LogP contribution in [0.2, 0.25) is 0 Å². The quantitative estimate of drug-likeness (QED) is 0.749. The number of carboxylic acids is 1. The minimum absolute atomic E-state index is 0.136. The van der Waals surface area contributed by atoms with E-state index in [1.807, 2.05) is 0 Å². The van der Waals surface area contributed by atoms with Gasteiger partial charge in [-0.3, -0.25) is 9.59 Å². The summed E-state index contributed by atoms with van der Waals surface area (Å²) < 4.78 is 5.00. The zero-order valence-electron chi connectivity index (χ0n) is 10.2. The summed E-state index contributed by atoms with van der Waals surface area (Å²) >= 11 is 0. The maximum atomic E-state index is 12.0. The highest BCUT2D eigenvalue weighted by atomic mass is 16.4. The molecule has 0 aliphatic rings. The molecule has 1 amide bonds. The van der Waals surface area contributed by atoms with Crippen LogP contribution in [-0.2, 0) is 11.2 Å². The summed E-state index contributed by atoms with van der Waals surface area (Å²) in [4.78, 5) is 29.6. The van der Waals surface area contributed by atoms with Crippen LogP contribution in [0.3, 0.4) is 0 Å². The molecular formula is C12H13N3O4. The number of carbonyl (C=O) groups is 2. The van der Waals surface area contributed by atoms with Gasteiger partial charge in [0.25, 0.3) is 5.91 Å². The molecule has 2 aromatic rings. The van der Waals surface area contributed by atoms with Crippen LogP contribution in [0, 0.1) is 0 Å². The number of H-pyrrole nitrogens is 1. The molecule has 0 saturated heterocycles. The number of nitrogens with zero attached hydrogens (tertiary/aromatic N) is 1. The fourth-order valence-corrected chi connectivity index (χ4v) is 1.67. The predicted octanol–water partition coefficient (Wildman–Crippen LogP) is 1.12. The number of rotatable bonds is 5. The molecule has 2 heterocycles. The number of aliphatic carboxylic acids is 1. The first-order valence-electron chi connectivity index (χ1n) is 5.66. The Morgan fingerprint density at radius 1 is 1.58 bits per heavy atom. The van der Waals surface area contributed by atoms with Crippen molar-refractivity contribution in [3.63, 3.8) is 0 Å². The second-order valence-corrected chi connectivity index (χ2v) is 4.00. The molecule has 3 N–H and O–H groups in total. The van der Waals surface area contributed by atoms with Crippen LogP contribution in [0.15, 0.2) is 29.1 Å². The number of aromatic nitrogens is 2. The van der Waals surface area contributed by atoms with E-state index in [9.17, 15) is 9.59 Å². The van der Waals surface area contributed by atoms with E-state index >= 15 is 0 Å². The number of hydrogen-bond donors (Lipinski definition) is 3. The van der Waals surface area contributed by atoms with Gasteiger partial charge in [0.1, 0.15) is 18.0 Å². The lowest BCUT2D eigenvalue weighted by molar-refractivity contribution is -0.136. The van der Waals surface area contributed by atoms with Gasteiger partial charge in [0.15, 0.2) is 0 Å². The van der Waals surface area contributed by atoms with Gasteiger partial charge < -0.3 is 19.8 Å². The first-order valence-corrected chi connectivity index (χ1v) is 5.66. The zero-order chi connectivity index (χ0) is 13.8. The van der Waals surface area contributed by atoms with Crippen molar-refractivity contribution in [2.24, 2.45) is 0 Å². The number of hydrogen-bond acceptors (Lipinski definition) is 4. The van der Waals surface area contributed by atoms with E-state index in [4.69, 9.17) is 9.52 Å². The van der Waals surface area contributed by atoms with Crippen molar-refractivity contribution in [1.29, 1.82) is 0 Å². The Balaban J connectivity index is 2.08. The smallest absolute Gasteiger partial charge is 0.311 e. The predicted molar refractivity (Wildman–Crippen MR) is 64.5 cm³/mol. The number of nitrogens with one attached hydrogen (secondary N) is 2. The fourth-order valence-electron chi connectivity index (χ4n) is 1.67. The number of furan rings is 1. The minimum atomic E-state index is -1.05. The Morgan fingerprint density at radius 2 is 2.37 bits per heavy atom. The van der Waals surface area contributed by atoms with Gasteiger partial charge in [0, 0.05) is 12.4 Å². The van der Waals surface area contributed by atoms with Crippen molar-refractivity contribution < 1.29 is 19.1 Å². The molecule has 7 nitrogen and oxygen atoms in total. The Hall–Kier alpha value is -2.57. The summed E-state index contributed by atoms with van der Waals surface area (Å²) in [5.41, 5.74) is 0.223. The highest BCUT2D eigenvalue weighted by molar-refractivity contribution is 5.96. The van der Waals surface area contributed by atoms with Crippen molar-refractivity contribution >= 4 is 11.9 Å². The third-order valence-electron chi connectivity index (χ3n) is 2.58. The molecule has 0 saturated carbocycles. The standard InChI is InChI=1S/C12H13N3O4/c1-7(11-13-3-4-14-11)15-12(18)8-2-5-19-9(8)6-10(16)17/h2-5,7H,6H2,1H3,(H,13,14)(H,15,18)(H,16,17). The van der Waals surface area contributed by atoms with Crippen molar-refractivity contribution in [2.45, 2.75) is 19.4 Å². The Bertz CT molecular complexity index is 574. The SMILES string of the molecule is CC(NC(=O)c1ccoc1CC(=O)O)c1ncc[nH]1. The molecule has 0 aromatic carbocycles. The summed E-state index contributed by atoms with van der Waals surface area (Å²) in [6.45, 7) is 1.77. The molecule has 19 heavy (non-hydrogen) atoms. The average Bonchev–Trinajstić information content (AvgIpc) is 2.97. The minimum Gasteiger partial charge on any atom is -0.481 e. The van der Waals surface area contributed by atoms with Gasteiger partial charge in [-0.05, 0) is 13.0 Å². The van der Waals surface area contributed by atoms with Crippen molar-refractivity contribution in [2.75, 3.05) is 0 Å². The van der Waals surface area contributed by atoms with Crippen LogP contribution in [-0.4, -0.2) is 27.0 Å². The molecule has 0 bridgehead atoms. The molecule has 7 heteroatoms. The molecule has 0 aliphatic carbocycles. The third kappa shape index (κ3) is 3.01. The van der Waals surface area contributed by atoms with Crippen LogP contribution in [0.5, 0.6) is 0 Å². The normalized spacial score (nSPS) is 12.1. The van der Waals surface area contributed by atoms with E-state index in [0.717, 1.165) is 0 Å². The first kappa shape index (κ1) is 12.9. The maximum Gasteiger partial charge on any atom is 0.311 e. The summed E-state index contributed by atoms with van der Waals surface area (Å²) in [6, 6.07) is 1.14. The number of aromatic amines is 1. The van der Waals surface area contributed by atoms with Gasteiger partial charge in [-0.15, -0.1) is 0 Å². The largest absolute Gasteiger partial charge is 0.481 e. The number of carbonyl (C=O) groups excluding carboxylic acids is 1. The Labute approximate surface area is 108 Å². The van der Waals surface area contributed by atoms with E-state index in [-0.39, 0.29) is 23.8 Å². The van der Waals surface area contributed by atoms with Crippen LogP contribution in [0.25, 0.3) is 0 Å². The molecule has 0 spiro atoms. The van der Waals surface area contributed by atoms with E-state index in [1.54, 1.807) is 19.3 Å². The third-order valence-corrected chi connectivity index (χ3v) is 2.58. The lowest BCUT2D eigenvalue weighted by Gasteiger charge is -2.11. The molecule has 1 unspecified atom stereocenters. The van der Waals surface area contributed by atoms with E-state index < -0.39 is 11.9 Å². The number of carboxylic acid groups (broad SMARTS) is 1. The molecule has 2 rings (SSSR count). The second kappa shape index (κ2) is 5.38. The molecule has 0 fully saturated rings. The number of imidazole rings is 1. The van der Waals surface area contributed by atoms with Crippen molar-refractivity contribution in [3.05, 3.63) is 41.9 Å². The van der Waals surface area contributed by atoms with Crippen LogP contribution in [0.4, 0.5) is 0 Å². The second-order valence-electron chi connectivity index (χ2n) is 4.00. The summed E-state index contributed by atoms with van der Waals surface area (Å²) in [7, 11) is 0. The van der Waals surface area contributed by atoms with Crippen LogP contribution in [0.1, 0.15) is 34.9 Å². The fraction of sp³-hybridized carbons (Fsp3) is 0.250. The van der Waals surface area contributed by atoms with Gasteiger partial charge in [-0.1, -0.05) is 0 Å². The van der Waals surface area contributed by atoms with Crippen molar-refractivity contribution in [3.8, 4) is 0 Å². The highest BCUT2D eigenvalue weighted by Crippen LogP contribution is 2.14. The molecule has 1 atom stereocenters. The van der Waals surface area contributed by atoms with Gasteiger partial charge >= 0.3 is 5.97 Å². The Kier molecular flexibility index (Phi) is 3.65. The Morgan fingerprint density at radius 3 is 3.00 bits per heavy atom. The van der Waals surface area contributed by atoms with Crippen LogP contribution < -0.4 is 5.32 Å². The van der Waals surface area contributed by atoms with Gasteiger partial charge in [0.05, 0.1) is 17.9 Å². The molecule has 2 aromatic heterocycles. The number of amides is 1. The van der Waals surface area contributed by atoms with Gasteiger partial charge in [-0.25, -0.2) is 4.98 Å². The van der Waals surface area contributed by atoms with Gasteiger partial charge in [-0.2, -0.15) is 0 Å². The van der Waals surface area contributed by atoms with Crippen molar-refractivity contribution in [1.82, 2.24) is 15.3 Å². The maximum absolute atomic E-state index is 12.0. The first-order chi connectivity index (χ1) is 9.08. The topological polar surface area (TPSA) is 108 Å². The highest BCUT2D eigenvalue weighted by Gasteiger charge is 2.19. The molecule has 0 aliphatic heterocycles. The molecule has 0 radical (unpaired) electrons. The van der Waals surface area contributed by atoms with Gasteiger partial charge in [0.2, 0.25) is 0 Å². The summed E-state index contributed by atoms with van der Waals surface area (Å²) in [5.74, 6) is -0.690. The lowest BCUT2D eigenvalue weighted by atomic mass is 10.2. The zero-order valence-corrected chi connectivity index (χ0v) is 10.2. The summed E-state index contributed by atoms with van der Waals surface area (Å²) in [6.07, 6.45) is 4.22. The van der Waals surface area contributed by atoms with E-state index in [1.165, 1.54) is 12.3 Å². The van der Waals surface area contributed by atoms with E-state index in [2.05, 4.69) is 15.3 Å². The molecular weight excluding hydrogens is 250 g/mol. The summed E-state index contributed by atoms with van der Waals surface area (Å²) in [5, 5.41) is 11.4.